The van der Waals surface area contributed by atoms with E-state index in [-0.39, 0.29) is 0 Å². The first-order valence-electron chi connectivity index (χ1n) is 6.14. The highest BCUT2D eigenvalue weighted by atomic mass is 16.5. The second-order valence-corrected chi connectivity index (χ2v) is 4.66. The predicted molar refractivity (Wildman–Crippen MR) is 75.6 cm³/mol. The zero-order valence-electron chi connectivity index (χ0n) is 11.7. The topological polar surface area (TPSA) is 73.2 Å². The summed E-state index contributed by atoms with van der Waals surface area (Å²) in [6.45, 7) is 4.24. The molecule has 0 bridgehead atoms. The number of anilines is 1. The van der Waals surface area contributed by atoms with Gasteiger partial charge in [0.05, 0.1) is 19.9 Å². The van der Waals surface area contributed by atoms with E-state index >= 15 is 0 Å². The lowest BCUT2D eigenvalue weighted by atomic mass is 9.97. The zero-order valence-corrected chi connectivity index (χ0v) is 11.7. The molecule has 0 unspecified atom stereocenters. The first-order valence-corrected chi connectivity index (χ1v) is 6.14. The van der Waals surface area contributed by atoms with Crippen molar-refractivity contribution in [2.75, 3.05) is 20.0 Å². The average Bonchev–Trinajstić information content (AvgIpc) is 2.83. The molecule has 0 aliphatic rings. The number of nitrogens with one attached hydrogen (secondary N) is 1. The van der Waals surface area contributed by atoms with Crippen molar-refractivity contribution in [3.05, 3.63) is 23.8 Å². The highest BCUT2D eigenvalue weighted by Gasteiger charge is 2.16. The van der Waals surface area contributed by atoms with Crippen LogP contribution in [0.1, 0.15) is 25.3 Å². The van der Waals surface area contributed by atoms with Gasteiger partial charge in [0.1, 0.15) is 17.3 Å². The quantitative estimate of drug-likeness (QED) is 0.887. The molecule has 2 rings (SSSR count). The average molecular weight is 261 g/mol. The van der Waals surface area contributed by atoms with E-state index in [1.165, 1.54) is 0 Å². The van der Waals surface area contributed by atoms with E-state index < -0.39 is 0 Å². The van der Waals surface area contributed by atoms with Gasteiger partial charge in [-0.3, -0.25) is 5.10 Å². The molecule has 1 aromatic carbocycles. The molecular formula is C14H19N3O2. The maximum absolute atomic E-state index is 5.65. The summed E-state index contributed by atoms with van der Waals surface area (Å²) in [7, 11) is 3.29. The number of aromatic nitrogens is 2. The van der Waals surface area contributed by atoms with E-state index in [0.717, 1.165) is 28.3 Å². The Morgan fingerprint density at radius 2 is 1.79 bits per heavy atom. The molecule has 1 aromatic heterocycles. The van der Waals surface area contributed by atoms with Crippen molar-refractivity contribution in [3.8, 4) is 22.8 Å². The minimum Gasteiger partial charge on any atom is -0.496 e. The molecule has 0 radical (unpaired) electrons. The van der Waals surface area contributed by atoms with Gasteiger partial charge in [-0.25, -0.2) is 0 Å². The Morgan fingerprint density at radius 1 is 1.11 bits per heavy atom. The fourth-order valence-electron chi connectivity index (χ4n) is 2.06. The Labute approximate surface area is 112 Å². The predicted octanol–water partition coefficient (Wildman–Crippen LogP) is 2.80. The fourth-order valence-corrected chi connectivity index (χ4v) is 2.06. The molecule has 19 heavy (non-hydrogen) atoms. The molecule has 0 amide bonds. The van der Waals surface area contributed by atoms with Crippen LogP contribution < -0.4 is 15.2 Å². The van der Waals surface area contributed by atoms with Gasteiger partial charge in [-0.05, 0) is 17.5 Å². The number of rotatable bonds is 4. The van der Waals surface area contributed by atoms with Crippen LogP contribution in [0.4, 0.5) is 5.82 Å². The lowest BCUT2D eigenvalue weighted by molar-refractivity contribution is 0.390. The van der Waals surface area contributed by atoms with Crippen LogP contribution in [0.2, 0.25) is 0 Å². The summed E-state index contributed by atoms with van der Waals surface area (Å²) in [5, 5.41) is 6.86. The maximum atomic E-state index is 5.65. The van der Waals surface area contributed by atoms with Crippen LogP contribution >= 0.6 is 0 Å². The molecular weight excluding hydrogens is 242 g/mol. The zero-order chi connectivity index (χ0) is 14.0. The molecule has 0 fully saturated rings. The van der Waals surface area contributed by atoms with Gasteiger partial charge >= 0.3 is 0 Å². The monoisotopic (exact) mass is 261 g/mol. The number of hydrogen-bond donors (Lipinski definition) is 2. The number of benzene rings is 1. The van der Waals surface area contributed by atoms with Crippen LogP contribution in [0, 0.1) is 0 Å². The Balaban J connectivity index is 2.62. The van der Waals surface area contributed by atoms with Crippen molar-refractivity contribution in [2.24, 2.45) is 0 Å². The lowest BCUT2D eigenvalue weighted by Gasteiger charge is -2.16. The summed E-state index contributed by atoms with van der Waals surface area (Å²) in [5.74, 6) is 2.35. The van der Waals surface area contributed by atoms with Gasteiger partial charge < -0.3 is 15.2 Å². The van der Waals surface area contributed by atoms with Gasteiger partial charge in [-0.1, -0.05) is 13.8 Å². The summed E-state index contributed by atoms with van der Waals surface area (Å²) < 4.78 is 10.8. The van der Waals surface area contributed by atoms with E-state index in [2.05, 4.69) is 30.1 Å². The minimum atomic E-state index is 0.347. The number of nitrogen functional groups attached to an aromatic ring is 1. The molecule has 5 nitrogen and oxygen atoms in total. The molecule has 0 saturated carbocycles. The highest BCUT2D eigenvalue weighted by Crippen LogP contribution is 2.38. The van der Waals surface area contributed by atoms with Crippen molar-refractivity contribution in [1.29, 1.82) is 0 Å². The van der Waals surface area contributed by atoms with Crippen LogP contribution in [-0.2, 0) is 0 Å². The number of methoxy groups -OCH3 is 2. The van der Waals surface area contributed by atoms with E-state index in [1.54, 1.807) is 20.3 Å². The number of nitrogens with two attached hydrogens (primary N) is 1. The van der Waals surface area contributed by atoms with E-state index in [9.17, 15) is 0 Å². The standard InChI is InChI=1S/C14H19N3O2/c1-8(2)9-5-10(11-6-14(15)17-16-11)13(19-4)7-12(9)18-3/h5-8H,1-4H3,(H3,15,16,17). The molecule has 3 N–H and O–H groups in total. The summed E-state index contributed by atoms with van der Waals surface area (Å²) in [5.41, 5.74) is 8.53. The lowest BCUT2D eigenvalue weighted by Crippen LogP contribution is -1.98. The normalized spacial score (nSPS) is 10.8. The smallest absolute Gasteiger partial charge is 0.145 e. The number of aromatic amines is 1. The van der Waals surface area contributed by atoms with Crippen LogP contribution in [0.5, 0.6) is 11.5 Å². The van der Waals surface area contributed by atoms with Gasteiger partial charge in [0, 0.05) is 17.7 Å². The Hall–Kier alpha value is -2.17. The molecule has 0 aliphatic carbocycles. The van der Waals surface area contributed by atoms with Gasteiger partial charge in [0.25, 0.3) is 0 Å². The van der Waals surface area contributed by atoms with Crippen LogP contribution in [0.15, 0.2) is 18.2 Å². The third-order valence-corrected chi connectivity index (χ3v) is 3.06. The molecule has 102 valence electrons. The Morgan fingerprint density at radius 3 is 2.26 bits per heavy atom. The summed E-state index contributed by atoms with van der Waals surface area (Å²) >= 11 is 0. The highest BCUT2D eigenvalue weighted by molar-refractivity contribution is 5.72. The van der Waals surface area contributed by atoms with Crippen molar-refractivity contribution in [3.63, 3.8) is 0 Å². The minimum absolute atomic E-state index is 0.347. The summed E-state index contributed by atoms with van der Waals surface area (Å²) in [4.78, 5) is 0. The number of H-pyrrole nitrogens is 1. The van der Waals surface area contributed by atoms with Gasteiger partial charge in [-0.15, -0.1) is 0 Å². The molecule has 5 heteroatoms. The molecule has 2 aromatic rings. The Kier molecular flexibility index (Phi) is 3.64. The van der Waals surface area contributed by atoms with Crippen LogP contribution in [0.25, 0.3) is 11.3 Å². The van der Waals surface area contributed by atoms with E-state index in [0.29, 0.717) is 11.7 Å². The first-order chi connectivity index (χ1) is 9.06. The summed E-state index contributed by atoms with van der Waals surface area (Å²) in [6.07, 6.45) is 0. The molecule has 0 aliphatic heterocycles. The first kappa shape index (κ1) is 13.3. The fraction of sp³-hybridized carbons (Fsp3) is 0.357. The number of nitrogens with zero attached hydrogens (tertiary/aromatic N) is 1. The van der Waals surface area contributed by atoms with Crippen molar-refractivity contribution in [1.82, 2.24) is 10.2 Å². The SMILES string of the molecule is COc1cc(OC)c(C(C)C)cc1-c1cc(N)n[nH]1. The number of ether oxygens (including phenoxy) is 2. The van der Waals surface area contributed by atoms with E-state index in [4.69, 9.17) is 15.2 Å². The largest absolute Gasteiger partial charge is 0.496 e. The second-order valence-electron chi connectivity index (χ2n) is 4.66. The third kappa shape index (κ3) is 2.50. The maximum Gasteiger partial charge on any atom is 0.145 e. The van der Waals surface area contributed by atoms with E-state index in [1.807, 2.05) is 6.07 Å². The summed E-state index contributed by atoms with van der Waals surface area (Å²) in [6, 6.07) is 5.73. The van der Waals surface area contributed by atoms with Crippen molar-refractivity contribution >= 4 is 5.82 Å². The molecule has 0 atom stereocenters. The van der Waals surface area contributed by atoms with Crippen molar-refractivity contribution < 1.29 is 9.47 Å². The van der Waals surface area contributed by atoms with Gasteiger partial charge in [0.15, 0.2) is 0 Å². The van der Waals surface area contributed by atoms with Crippen LogP contribution in [-0.4, -0.2) is 24.4 Å². The molecule has 0 spiro atoms. The second kappa shape index (κ2) is 5.22. The van der Waals surface area contributed by atoms with Crippen molar-refractivity contribution in [2.45, 2.75) is 19.8 Å². The van der Waals surface area contributed by atoms with Crippen LogP contribution in [0.3, 0.4) is 0 Å². The van der Waals surface area contributed by atoms with Gasteiger partial charge in [0.2, 0.25) is 0 Å². The molecule has 1 heterocycles. The third-order valence-electron chi connectivity index (χ3n) is 3.06. The number of hydrogen-bond acceptors (Lipinski definition) is 4. The molecule has 0 saturated heterocycles. The Bertz CT molecular complexity index is 576. The van der Waals surface area contributed by atoms with Gasteiger partial charge in [-0.2, -0.15) is 5.10 Å².